The minimum Gasteiger partial charge on any atom is -0.480 e. The second-order valence-corrected chi connectivity index (χ2v) is 17.6. The number of carbonyl (C=O) groups excluding carboxylic acids is 7. The Morgan fingerprint density at radius 2 is 1.00 bits per heavy atom. The zero-order valence-electron chi connectivity index (χ0n) is 36.2. The quantitative estimate of drug-likeness (QED) is 0.0441. The van der Waals surface area contributed by atoms with Crippen LogP contribution in [0.4, 0.5) is 0 Å². The molecule has 25 nitrogen and oxygen atoms in total. The number of hydrogen-bond donors (Lipinski definition) is 10. The van der Waals surface area contributed by atoms with E-state index in [-0.39, 0.29) is 65.7 Å². The van der Waals surface area contributed by atoms with Crippen LogP contribution < -0.4 is 32.7 Å². The van der Waals surface area contributed by atoms with Crippen LogP contribution in [-0.4, -0.2) is 154 Å². The number of rotatable bonds is 28. The number of thioether (sulfide) groups is 2. The fraction of sp³-hybridized carbons (Fsp3) is 0.525. The zero-order chi connectivity index (χ0) is 50.0. The molecule has 8 atom stereocenters. The van der Waals surface area contributed by atoms with E-state index in [1.807, 2.05) is 0 Å². The predicted molar refractivity (Wildman–Crippen MR) is 235 cm³/mol. The van der Waals surface area contributed by atoms with E-state index in [2.05, 4.69) is 41.2 Å². The number of carbonyl (C=O) groups is 11. The lowest BCUT2D eigenvalue weighted by Crippen LogP contribution is -2.50. The van der Waals surface area contributed by atoms with E-state index in [0.717, 1.165) is 23.5 Å². The first kappa shape index (κ1) is 54.9. The van der Waals surface area contributed by atoms with E-state index < -0.39 is 132 Å². The van der Waals surface area contributed by atoms with Crippen LogP contribution >= 0.6 is 23.5 Å². The van der Waals surface area contributed by atoms with Gasteiger partial charge in [-0.25, -0.2) is 9.97 Å². The first-order valence-electron chi connectivity index (χ1n) is 20.6. The van der Waals surface area contributed by atoms with Crippen LogP contribution in [-0.2, 0) is 43.2 Å². The summed E-state index contributed by atoms with van der Waals surface area (Å²) in [6.45, 7) is 0.900. The van der Waals surface area contributed by atoms with Gasteiger partial charge in [0.05, 0.1) is 46.7 Å². The summed E-state index contributed by atoms with van der Waals surface area (Å²) in [6.07, 6.45) is 4.41. The van der Waals surface area contributed by atoms with Crippen LogP contribution in [0.15, 0.2) is 24.8 Å². The number of ketones is 3. The van der Waals surface area contributed by atoms with E-state index in [9.17, 15) is 58.2 Å². The van der Waals surface area contributed by atoms with Crippen LogP contribution in [0, 0.1) is 11.8 Å². The smallest absolute Gasteiger partial charge is 0.322 e. The molecule has 0 aromatic carbocycles. The summed E-state index contributed by atoms with van der Waals surface area (Å²) < 4.78 is 0. The van der Waals surface area contributed by atoms with E-state index in [1.165, 1.54) is 38.6 Å². The highest BCUT2D eigenvalue weighted by Crippen LogP contribution is 2.48. The first-order chi connectivity index (χ1) is 31.6. The molecule has 8 unspecified atom stereocenters. The Labute approximate surface area is 390 Å². The van der Waals surface area contributed by atoms with Gasteiger partial charge in [0, 0.05) is 50.0 Å². The molecule has 1 aliphatic rings. The summed E-state index contributed by atoms with van der Waals surface area (Å²) in [5.74, 6) is -12.6. The zero-order valence-corrected chi connectivity index (χ0v) is 37.9. The number of nitrogens with two attached hydrogens (primary N) is 2. The Morgan fingerprint density at radius 3 is 1.30 bits per heavy atom. The van der Waals surface area contributed by atoms with Crippen molar-refractivity contribution in [2.45, 2.75) is 93.5 Å². The molecule has 364 valence electrons. The average molecular weight is 977 g/mol. The molecular formula is C40H52N10O15S2. The Bertz CT molecular complexity index is 2020. The molecule has 4 amide bonds. The van der Waals surface area contributed by atoms with Gasteiger partial charge < -0.3 is 53.2 Å². The summed E-state index contributed by atoms with van der Waals surface area (Å²) in [5.41, 5.74) is 11.5. The van der Waals surface area contributed by atoms with Gasteiger partial charge in [0.15, 0.2) is 11.6 Å². The van der Waals surface area contributed by atoms with Crippen molar-refractivity contribution in [2.24, 2.45) is 23.3 Å². The van der Waals surface area contributed by atoms with Crippen LogP contribution in [0.25, 0.3) is 0 Å². The number of aliphatic carboxylic acids is 4. The Kier molecular flexibility index (Phi) is 21.8. The molecule has 0 bridgehead atoms. The number of carboxylic acid groups (broad SMARTS) is 4. The fourth-order valence-corrected chi connectivity index (χ4v) is 9.42. The summed E-state index contributed by atoms with van der Waals surface area (Å²) in [6, 6.07) is -5.65. The van der Waals surface area contributed by atoms with Crippen molar-refractivity contribution in [2.75, 3.05) is 24.6 Å². The molecule has 1 saturated carbocycles. The maximum absolute atomic E-state index is 15.0. The standard InChI is InChI=1S/C40H52N10O15S2/c1-18(51)24-10-45-26(12-43-24)35(66-16-28(37(60)47-14-32(55)56)49-30(53)8-6-22(41)39(62)63)20-4-3-5-21(34(20)59)36(27-13-44-25(11-46-27)19(2)52)67-17-29(38(61)48-15-33(57)58)50-31(54)9-7-23(42)40(64)65/h10-13,20-23,28-29,35-36H,3-9,14-17,41-42H2,1-2H3,(H,47,60)(H,48,61)(H,49,53)(H,50,54)(H,55,56)(H,57,58)(H,62,63)(H,64,65). The van der Waals surface area contributed by atoms with Gasteiger partial charge in [0.25, 0.3) is 0 Å². The summed E-state index contributed by atoms with van der Waals surface area (Å²) >= 11 is 1.97. The predicted octanol–water partition coefficient (Wildman–Crippen LogP) is -1.34. The van der Waals surface area contributed by atoms with Crippen molar-refractivity contribution in [3.63, 3.8) is 0 Å². The summed E-state index contributed by atoms with van der Waals surface area (Å²) in [4.78, 5) is 154. The third kappa shape index (κ3) is 17.7. The second kappa shape index (κ2) is 26.6. The molecule has 0 saturated heterocycles. The largest absolute Gasteiger partial charge is 0.480 e. The number of nitrogens with zero attached hydrogens (tertiary/aromatic N) is 4. The molecule has 0 aliphatic heterocycles. The van der Waals surface area contributed by atoms with Gasteiger partial charge in [-0.15, -0.1) is 23.5 Å². The van der Waals surface area contributed by atoms with E-state index in [4.69, 9.17) is 21.7 Å². The topological polar surface area (TPSA) is 420 Å². The highest BCUT2D eigenvalue weighted by Gasteiger charge is 2.43. The van der Waals surface area contributed by atoms with Crippen molar-refractivity contribution in [1.82, 2.24) is 41.2 Å². The highest BCUT2D eigenvalue weighted by molar-refractivity contribution is 7.99. The maximum atomic E-state index is 15.0. The van der Waals surface area contributed by atoms with E-state index in [0.29, 0.717) is 6.42 Å². The van der Waals surface area contributed by atoms with Gasteiger partial charge in [-0.3, -0.25) is 62.7 Å². The van der Waals surface area contributed by atoms with Crippen molar-refractivity contribution in [1.29, 1.82) is 0 Å². The second-order valence-electron chi connectivity index (χ2n) is 15.2. The summed E-state index contributed by atoms with van der Waals surface area (Å²) in [7, 11) is 0. The molecule has 3 rings (SSSR count). The van der Waals surface area contributed by atoms with Gasteiger partial charge >= 0.3 is 23.9 Å². The monoisotopic (exact) mass is 976 g/mol. The maximum Gasteiger partial charge on any atom is 0.322 e. The molecule has 1 aliphatic carbocycles. The molecule has 67 heavy (non-hydrogen) atoms. The first-order valence-corrected chi connectivity index (χ1v) is 22.7. The molecule has 2 aromatic heterocycles. The average Bonchev–Trinajstić information content (AvgIpc) is 3.28. The highest BCUT2D eigenvalue weighted by atomic mass is 32.2. The normalized spacial score (nSPS) is 17.3. The molecule has 27 heteroatoms. The lowest BCUT2D eigenvalue weighted by atomic mass is 9.76. The Morgan fingerprint density at radius 1 is 0.627 bits per heavy atom. The Balaban J connectivity index is 2.05. The molecule has 1 fully saturated rings. The van der Waals surface area contributed by atoms with Crippen LogP contribution in [0.5, 0.6) is 0 Å². The number of hydrogen-bond acceptors (Lipinski definition) is 19. The van der Waals surface area contributed by atoms with Gasteiger partial charge in [0.1, 0.15) is 54.4 Å². The van der Waals surface area contributed by atoms with Crippen molar-refractivity contribution in [3.8, 4) is 0 Å². The molecule has 2 heterocycles. The number of Topliss-reactive ketones (excluding diaryl/α,β-unsaturated/α-hetero) is 3. The van der Waals surface area contributed by atoms with Crippen molar-refractivity contribution >= 4 is 88.4 Å². The lowest BCUT2D eigenvalue weighted by molar-refractivity contribution is -0.140. The molecule has 0 spiro atoms. The van der Waals surface area contributed by atoms with E-state index >= 15 is 4.79 Å². The van der Waals surface area contributed by atoms with Gasteiger partial charge in [0.2, 0.25) is 23.6 Å². The van der Waals surface area contributed by atoms with Gasteiger partial charge in [-0.1, -0.05) is 6.42 Å². The molecular weight excluding hydrogens is 925 g/mol. The summed E-state index contributed by atoms with van der Waals surface area (Å²) in [5, 5.41) is 44.2. The minimum absolute atomic E-state index is 0.000850. The van der Waals surface area contributed by atoms with Crippen LogP contribution in [0.2, 0.25) is 0 Å². The minimum atomic E-state index is -1.43. The number of amides is 4. The number of carboxylic acids is 4. The van der Waals surface area contributed by atoms with Gasteiger partial charge in [-0.2, -0.15) is 0 Å². The lowest BCUT2D eigenvalue weighted by Gasteiger charge is -2.36. The number of aromatic nitrogens is 4. The van der Waals surface area contributed by atoms with Crippen molar-refractivity contribution in [3.05, 3.63) is 47.6 Å². The third-order valence-electron chi connectivity index (χ3n) is 10.2. The molecule has 2 aromatic rings. The van der Waals surface area contributed by atoms with Crippen molar-refractivity contribution < 1.29 is 73.2 Å². The van der Waals surface area contributed by atoms with Crippen LogP contribution in [0.1, 0.15) is 102 Å². The van der Waals surface area contributed by atoms with Gasteiger partial charge in [-0.05, 0) is 25.7 Å². The molecule has 12 N–H and O–H groups in total. The SMILES string of the molecule is CC(=O)c1cnc(C(SCC(NC(=O)CCC(N)C(=O)O)C(=O)NCC(=O)O)C2CCCC(C(SCC(NC(=O)CCC(N)C(=O)O)C(=O)NCC(=O)O)c3cnc(C(C)=O)cn3)C2=O)cn1. The Hall–Kier alpha value is -6.45. The number of nitrogens with one attached hydrogen (secondary N) is 4. The van der Waals surface area contributed by atoms with E-state index in [1.54, 1.807) is 0 Å². The fourth-order valence-electron chi connectivity index (χ4n) is 6.56. The molecule has 0 radical (unpaired) electrons. The third-order valence-corrected chi connectivity index (χ3v) is 13.1. The van der Waals surface area contributed by atoms with Crippen LogP contribution in [0.3, 0.4) is 0 Å².